The second-order valence-electron chi connectivity index (χ2n) is 6.26. The molecule has 0 radical (unpaired) electrons. The number of rotatable bonds is 5. The number of hydrogen-bond acceptors (Lipinski definition) is 5. The van der Waals surface area contributed by atoms with Gasteiger partial charge in [0.2, 0.25) is 0 Å². The molecule has 0 spiro atoms. The molecule has 0 aliphatic heterocycles. The number of pyridine rings is 1. The Balaban J connectivity index is 1.78. The summed E-state index contributed by atoms with van der Waals surface area (Å²) in [6.45, 7) is 0. The zero-order valence-corrected chi connectivity index (χ0v) is 15.0. The highest BCUT2D eigenvalue weighted by Crippen LogP contribution is 2.19. The lowest BCUT2D eigenvalue weighted by Crippen LogP contribution is -2.08. The summed E-state index contributed by atoms with van der Waals surface area (Å²) in [6.07, 6.45) is 3.25. The van der Waals surface area contributed by atoms with E-state index in [2.05, 4.69) is 15.0 Å². The number of hydrogen-bond donors (Lipinski definition) is 1. The lowest BCUT2D eigenvalue weighted by molar-refractivity contribution is 0.0992. The zero-order chi connectivity index (χ0) is 19.3. The van der Waals surface area contributed by atoms with Crippen molar-refractivity contribution in [2.24, 2.45) is 0 Å². The molecular formula is C23H17N3O2. The second kappa shape index (κ2) is 7.80. The van der Waals surface area contributed by atoms with Crippen LogP contribution in [0.25, 0.3) is 23.0 Å². The summed E-state index contributed by atoms with van der Waals surface area (Å²) in [7, 11) is 0. The van der Waals surface area contributed by atoms with Gasteiger partial charge in [0.15, 0.2) is 11.4 Å². The standard InChI is InChI=1S/C23H17N3O2/c27-21(16-8-3-1-4-9-16)14-19-20(15-22(28)17-10-5-2-6-11-17)26-23-18(25-19)12-7-13-24-23/h1-13,15,28H,14H2. The fraction of sp³-hybridized carbons (Fsp3) is 0.0435. The summed E-state index contributed by atoms with van der Waals surface area (Å²) >= 11 is 0. The van der Waals surface area contributed by atoms with Crippen molar-refractivity contribution in [3.05, 3.63) is 102 Å². The minimum atomic E-state index is -0.0630. The first kappa shape index (κ1) is 17.5. The predicted molar refractivity (Wildman–Crippen MR) is 109 cm³/mol. The van der Waals surface area contributed by atoms with Crippen LogP contribution in [0.4, 0.5) is 0 Å². The SMILES string of the molecule is O=C(Cc1nc2cccnc2nc1C=C(O)c1ccccc1)c1ccccc1. The Morgan fingerprint density at radius 3 is 2.25 bits per heavy atom. The number of carbonyl (C=O) groups is 1. The van der Waals surface area contributed by atoms with Gasteiger partial charge in [-0.05, 0) is 12.1 Å². The van der Waals surface area contributed by atoms with Gasteiger partial charge in [0.1, 0.15) is 11.3 Å². The Morgan fingerprint density at radius 2 is 1.54 bits per heavy atom. The second-order valence-corrected chi connectivity index (χ2v) is 6.26. The van der Waals surface area contributed by atoms with E-state index in [0.29, 0.717) is 33.7 Å². The third kappa shape index (κ3) is 3.78. The number of aliphatic hydroxyl groups excluding tert-OH is 1. The minimum absolute atomic E-state index is 0.0543. The summed E-state index contributed by atoms with van der Waals surface area (Å²) in [6, 6.07) is 21.8. The van der Waals surface area contributed by atoms with Crippen LogP contribution in [0.1, 0.15) is 27.3 Å². The van der Waals surface area contributed by atoms with Crippen LogP contribution < -0.4 is 0 Å². The van der Waals surface area contributed by atoms with Gasteiger partial charge in [-0.25, -0.2) is 15.0 Å². The van der Waals surface area contributed by atoms with Crippen LogP contribution in [0.3, 0.4) is 0 Å². The van der Waals surface area contributed by atoms with Crippen LogP contribution in [0.5, 0.6) is 0 Å². The monoisotopic (exact) mass is 367 g/mol. The summed E-state index contributed by atoms with van der Waals surface area (Å²) < 4.78 is 0. The molecule has 4 rings (SSSR count). The molecule has 2 aromatic heterocycles. The lowest BCUT2D eigenvalue weighted by Gasteiger charge is -2.08. The highest BCUT2D eigenvalue weighted by Gasteiger charge is 2.14. The highest BCUT2D eigenvalue weighted by molar-refractivity contribution is 5.98. The third-order valence-electron chi connectivity index (χ3n) is 4.31. The van der Waals surface area contributed by atoms with E-state index in [0.717, 1.165) is 0 Å². The van der Waals surface area contributed by atoms with Crippen LogP contribution >= 0.6 is 0 Å². The molecule has 0 aliphatic rings. The van der Waals surface area contributed by atoms with Crippen molar-refractivity contribution in [1.82, 2.24) is 15.0 Å². The molecule has 28 heavy (non-hydrogen) atoms. The molecule has 2 aromatic carbocycles. The molecule has 0 saturated heterocycles. The molecule has 0 bridgehead atoms. The maximum absolute atomic E-state index is 12.7. The van der Waals surface area contributed by atoms with Gasteiger partial charge in [0.05, 0.1) is 17.8 Å². The number of aromatic nitrogens is 3. The molecule has 0 saturated carbocycles. The van der Waals surface area contributed by atoms with Gasteiger partial charge in [-0.15, -0.1) is 0 Å². The molecule has 1 N–H and O–H groups in total. The first-order chi connectivity index (χ1) is 13.7. The van der Waals surface area contributed by atoms with Crippen molar-refractivity contribution < 1.29 is 9.90 Å². The van der Waals surface area contributed by atoms with Gasteiger partial charge < -0.3 is 5.11 Å². The Kier molecular flexibility index (Phi) is 4.89. The van der Waals surface area contributed by atoms with Gasteiger partial charge in [0, 0.05) is 23.4 Å². The van der Waals surface area contributed by atoms with Crippen molar-refractivity contribution >= 4 is 28.8 Å². The Labute approximate surface area is 162 Å². The summed E-state index contributed by atoms with van der Waals surface area (Å²) in [4.78, 5) is 26.0. The lowest BCUT2D eigenvalue weighted by atomic mass is 10.0. The highest BCUT2D eigenvalue weighted by atomic mass is 16.3. The number of Topliss-reactive ketones (excluding diaryl/α,β-unsaturated/α-hetero) is 1. The van der Waals surface area contributed by atoms with Gasteiger partial charge in [-0.1, -0.05) is 60.7 Å². The van der Waals surface area contributed by atoms with Crippen LogP contribution in [0, 0.1) is 0 Å². The van der Waals surface area contributed by atoms with Gasteiger partial charge >= 0.3 is 0 Å². The average molecular weight is 367 g/mol. The number of carbonyl (C=O) groups excluding carboxylic acids is 1. The van der Waals surface area contributed by atoms with E-state index in [-0.39, 0.29) is 18.0 Å². The smallest absolute Gasteiger partial charge is 0.178 e. The molecular weight excluding hydrogens is 350 g/mol. The maximum atomic E-state index is 12.7. The predicted octanol–water partition coefficient (Wildman–Crippen LogP) is 4.51. The zero-order valence-electron chi connectivity index (χ0n) is 15.0. The quantitative estimate of drug-likeness (QED) is 0.415. The van der Waals surface area contributed by atoms with Gasteiger partial charge in [-0.2, -0.15) is 0 Å². The molecule has 2 heterocycles. The van der Waals surface area contributed by atoms with E-state index in [1.807, 2.05) is 36.4 Å². The third-order valence-corrected chi connectivity index (χ3v) is 4.31. The van der Waals surface area contributed by atoms with Crippen LogP contribution in [0.2, 0.25) is 0 Å². The Morgan fingerprint density at radius 1 is 0.857 bits per heavy atom. The van der Waals surface area contributed by atoms with Crippen LogP contribution in [-0.2, 0) is 6.42 Å². The van der Waals surface area contributed by atoms with Crippen molar-refractivity contribution in [2.75, 3.05) is 0 Å². The van der Waals surface area contributed by atoms with E-state index >= 15 is 0 Å². The van der Waals surface area contributed by atoms with E-state index in [1.54, 1.807) is 42.6 Å². The first-order valence-corrected chi connectivity index (χ1v) is 8.87. The fourth-order valence-electron chi connectivity index (χ4n) is 2.89. The molecule has 0 atom stereocenters. The minimum Gasteiger partial charge on any atom is -0.507 e. The van der Waals surface area contributed by atoms with Crippen molar-refractivity contribution in [2.45, 2.75) is 6.42 Å². The van der Waals surface area contributed by atoms with Crippen molar-refractivity contribution in [3.63, 3.8) is 0 Å². The largest absolute Gasteiger partial charge is 0.507 e. The molecule has 0 unspecified atom stereocenters. The van der Waals surface area contributed by atoms with Gasteiger partial charge in [0.25, 0.3) is 0 Å². The molecule has 5 heteroatoms. The van der Waals surface area contributed by atoms with Crippen LogP contribution in [-0.4, -0.2) is 25.8 Å². The van der Waals surface area contributed by atoms with E-state index in [9.17, 15) is 9.90 Å². The number of aliphatic hydroxyl groups is 1. The molecule has 0 amide bonds. The molecule has 5 nitrogen and oxygen atoms in total. The van der Waals surface area contributed by atoms with Crippen molar-refractivity contribution in [1.29, 1.82) is 0 Å². The van der Waals surface area contributed by atoms with Gasteiger partial charge in [-0.3, -0.25) is 4.79 Å². The normalized spacial score (nSPS) is 11.5. The van der Waals surface area contributed by atoms with E-state index in [1.165, 1.54) is 6.08 Å². The van der Waals surface area contributed by atoms with E-state index < -0.39 is 0 Å². The van der Waals surface area contributed by atoms with Crippen molar-refractivity contribution in [3.8, 4) is 0 Å². The topological polar surface area (TPSA) is 76.0 Å². The number of ketones is 1. The molecule has 0 fully saturated rings. The van der Waals surface area contributed by atoms with E-state index in [4.69, 9.17) is 0 Å². The Hall–Kier alpha value is -3.86. The van der Waals surface area contributed by atoms with Crippen LogP contribution in [0.15, 0.2) is 79.0 Å². The maximum Gasteiger partial charge on any atom is 0.178 e. The average Bonchev–Trinajstić information content (AvgIpc) is 2.75. The fourth-order valence-corrected chi connectivity index (χ4v) is 2.89. The molecule has 4 aromatic rings. The molecule has 136 valence electrons. The summed E-state index contributed by atoms with van der Waals surface area (Å²) in [5.41, 5.74) is 3.26. The number of benzene rings is 2. The first-order valence-electron chi connectivity index (χ1n) is 8.87. The Bertz CT molecular complexity index is 1160. The summed E-state index contributed by atoms with van der Waals surface area (Å²) in [5.74, 6) is -0.00872. The number of nitrogens with zero attached hydrogens (tertiary/aromatic N) is 3. The number of fused-ring (bicyclic) bond motifs is 1. The molecule has 0 aliphatic carbocycles. The summed E-state index contributed by atoms with van der Waals surface area (Å²) in [5, 5.41) is 10.5.